The average Bonchev–Trinajstić information content (AvgIpc) is 4.15. The number of hydrogen-bond donors (Lipinski definition) is 0. The molecule has 0 N–H and O–H groups in total. The maximum atomic E-state index is 2.94. The Morgan fingerprint density at radius 1 is 0.243 bits per heavy atom. The molecule has 0 saturated carbocycles. The summed E-state index contributed by atoms with van der Waals surface area (Å²) < 4.78 is 0. The van der Waals surface area contributed by atoms with Gasteiger partial charge in [0.05, 0.1) is 22.7 Å². The van der Waals surface area contributed by atoms with Crippen LogP contribution in [0.3, 0.4) is 0 Å². The third kappa shape index (κ3) is 3.58. The molecule has 8 aromatic carbocycles. The van der Waals surface area contributed by atoms with E-state index in [9.17, 15) is 0 Å². The molecule has 0 saturated heterocycles. The Kier molecular flexibility index (Phi) is 5.53. The van der Waals surface area contributed by atoms with Crippen molar-refractivity contribution in [2.75, 3.05) is 9.80 Å². The Morgan fingerprint density at radius 2 is 0.529 bits per heavy atom. The summed E-state index contributed by atoms with van der Waals surface area (Å²) in [5.41, 5.74) is 50.9. The molecule has 0 unspecified atom stereocenters. The smallest absolute Gasteiger partial charge is 0.249 e. The van der Waals surface area contributed by atoms with E-state index in [0.29, 0.717) is 0 Å². The van der Waals surface area contributed by atoms with Crippen molar-refractivity contribution in [2.24, 2.45) is 0 Å². The van der Waals surface area contributed by atoms with Gasteiger partial charge in [-0.15, -0.1) is 0 Å². The van der Waals surface area contributed by atoms with E-state index in [2.05, 4.69) is 178 Å². The van der Waals surface area contributed by atoms with Gasteiger partial charge < -0.3 is 9.80 Å². The molecule has 6 heteroatoms. The summed E-state index contributed by atoms with van der Waals surface area (Å²) in [6.07, 6.45) is 0. The summed E-state index contributed by atoms with van der Waals surface area (Å²) in [7, 11) is 0. The van der Waals surface area contributed by atoms with Gasteiger partial charge in [-0.3, -0.25) is 0 Å². The zero-order valence-corrected chi connectivity index (χ0v) is 42.3. The maximum Gasteiger partial charge on any atom is 0.249 e. The number of rotatable bonds is 0. The molecule has 8 aromatic rings. The van der Waals surface area contributed by atoms with Crippen molar-refractivity contribution in [3.63, 3.8) is 0 Å². The van der Waals surface area contributed by atoms with Crippen LogP contribution in [-0.2, 0) is 21.7 Å². The Hall–Kier alpha value is -6.38. The van der Waals surface area contributed by atoms with Crippen LogP contribution in [0.1, 0.15) is 105 Å². The van der Waals surface area contributed by atoms with Gasteiger partial charge in [-0.25, -0.2) is 0 Å². The molecule has 0 aromatic heterocycles. The molecule has 2 nitrogen and oxygen atoms in total. The van der Waals surface area contributed by atoms with Gasteiger partial charge in [-0.2, -0.15) is 0 Å². The minimum atomic E-state index is 0.00184. The molecule has 0 spiro atoms. The third-order valence-electron chi connectivity index (χ3n) is 20.0. The van der Waals surface area contributed by atoms with E-state index in [0.717, 1.165) is 0 Å². The van der Waals surface area contributed by atoms with Crippen LogP contribution >= 0.6 is 0 Å². The molecule has 0 atom stereocenters. The largest absolute Gasteiger partial charge is 0.308 e. The average molecular weight is 890 g/mol. The fourth-order valence-corrected chi connectivity index (χ4v) is 16.9. The van der Waals surface area contributed by atoms with Crippen LogP contribution in [0, 0.1) is 0 Å². The quantitative estimate of drug-likeness (QED) is 0.147. The highest BCUT2D eigenvalue weighted by Crippen LogP contribution is 2.62. The van der Waals surface area contributed by atoms with Crippen molar-refractivity contribution >= 4 is 127 Å². The number of anilines is 6. The van der Waals surface area contributed by atoms with Crippen molar-refractivity contribution in [3.05, 3.63) is 107 Å². The standard InChI is InChI=1S/C64H50B4N2/c1-61(2,3)27-13-15-43-31(17-27)37-23-39-33-19-29(63(7,8)9)21-36-42-26-46-56-60-54(42)67(47(33)36)51(39)57-49(37)65(43)45-25-41-35-22-30(64(10,11)12)20-34-40-24-38-32-18-28(62(4,5)6)14-16-44(32)66(46)50(38)58-52(40)68(48(34)35)53(41)59(70(56)58)55(45)69(57)60/h13-26H,1-12H3. The Balaban J connectivity index is 1.05. The van der Waals surface area contributed by atoms with E-state index in [1.54, 1.807) is 43.7 Å². The van der Waals surface area contributed by atoms with E-state index < -0.39 is 0 Å². The monoisotopic (exact) mass is 890 g/mol. The zero-order chi connectivity index (χ0) is 47.0. The highest BCUT2D eigenvalue weighted by atomic mass is 15.3. The summed E-state index contributed by atoms with van der Waals surface area (Å²) in [5.74, 6) is 0. The summed E-state index contributed by atoms with van der Waals surface area (Å²) >= 11 is 0. The highest BCUT2D eigenvalue weighted by molar-refractivity contribution is 7.11. The SMILES string of the molecule is CC(C)(C)c1ccc2c(c1)-c1cc3c4c5c1B2c1cc2c6c7c1N5c1c5c(cc8c1N7c1c7c(cc9c1B6c1c-9cc(C(C)(C)C)cc1-2)-c1cc(C(C)(C)C)ccc1B87)-c1cc(C(C)(C)C)cc-3c1B45. The molecule has 0 radical (unpaired) electrons. The Bertz CT molecular complexity index is 3930. The van der Waals surface area contributed by atoms with Gasteiger partial charge in [0.1, 0.15) is 0 Å². The van der Waals surface area contributed by atoms with Crippen molar-refractivity contribution in [2.45, 2.75) is 105 Å². The van der Waals surface area contributed by atoms with Crippen molar-refractivity contribution in [3.8, 4) is 66.8 Å². The Morgan fingerprint density at radius 3 is 0.886 bits per heavy atom. The predicted octanol–water partition coefficient (Wildman–Crippen LogP) is 7.33. The van der Waals surface area contributed by atoms with Gasteiger partial charge in [-0.1, -0.05) is 178 Å². The molecule has 11 aliphatic rings. The number of benzene rings is 8. The van der Waals surface area contributed by atoms with Gasteiger partial charge in [0.25, 0.3) is 0 Å². The van der Waals surface area contributed by atoms with Gasteiger partial charge in [0.15, 0.2) is 0 Å². The van der Waals surface area contributed by atoms with Crippen molar-refractivity contribution < 1.29 is 0 Å². The summed E-state index contributed by atoms with van der Waals surface area (Å²) in [5, 5.41) is 0. The fourth-order valence-electron chi connectivity index (χ4n) is 16.9. The van der Waals surface area contributed by atoms with Gasteiger partial charge in [0.2, 0.25) is 26.9 Å². The first-order chi connectivity index (χ1) is 33.3. The molecule has 0 amide bonds. The molecule has 328 valence electrons. The van der Waals surface area contributed by atoms with E-state index >= 15 is 0 Å². The van der Waals surface area contributed by atoms with Crippen LogP contribution in [0.15, 0.2) is 84.9 Å². The number of hydrogen-bond acceptors (Lipinski definition) is 2. The molecule has 11 aliphatic heterocycles. The van der Waals surface area contributed by atoms with Crippen LogP contribution in [0.5, 0.6) is 0 Å². The minimum Gasteiger partial charge on any atom is -0.308 e. The van der Waals surface area contributed by atoms with Crippen LogP contribution in [0.4, 0.5) is 34.1 Å². The number of fused-ring (bicyclic) bond motifs is 12. The molecule has 70 heavy (non-hydrogen) atoms. The minimum absolute atomic E-state index is 0.00184. The molecular formula is C64H50B4N2. The van der Waals surface area contributed by atoms with Crippen molar-refractivity contribution in [1.82, 2.24) is 0 Å². The lowest BCUT2D eigenvalue weighted by molar-refractivity contribution is 0.590. The van der Waals surface area contributed by atoms with Crippen LogP contribution in [0.2, 0.25) is 0 Å². The maximum absolute atomic E-state index is 2.94. The zero-order valence-electron chi connectivity index (χ0n) is 42.3. The third-order valence-corrected chi connectivity index (χ3v) is 20.0. The summed E-state index contributed by atoms with van der Waals surface area (Å²) in [6.45, 7) is 29.6. The summed E-state index contributed by atoms with van der Waals surface area (Å²) in [4.78, 5) is 5.89. The lowest BCUT2D eigenvalue weighted by atomic mass is 9.30. The normalized spacial score (nSPS) is 16.7. The molecule has 0 fully saturated rings. The van der Waals surface area contributed by atoms with Crippen molar-refractivity contribution in [1.29, 1.82) is 0 Å². The molecular weight excluding hydrogens is 840 g/mol. The highest BCUT2D eigenvalue weighted by Gasteiger charge is 2.63. The van der Waals surface area contributed by atoms with E-state index in [1.807, 2.05) is 0 Å². The van der Waals surface area contributed by atoms with E-state index in [-0.39, 0.29) is 48.5 Å². The van der Waals surface area contributed by atoms with Gasteiger partial charge >= 0.3 is 0 Å². The second kappa shape index (κ2) is 10.3. The lowest BCUT2D eigenvalue weighted by Crippen LogP contribution is -2.67. The molecule has 19 rings (SSSR count). The van der Waals surface area contributed by atoms with E-state index in [1.165, 1.54) is 145 Å². The van der Waals surface area contributed by atoms with Gasteiger partial charge in [-0.05, 0) is 167 Å². The molecule has 11 heterocycles. The topological polar surface area (TPSA) is 6.48 Å². The molecule has 0 aliphatic carbocycles. The first-order valence-corrected chi connectivity index (χ1v) is 26.4. The van der Waals surface area contributed by atoms with Crippen LogP contribution < -0.4 is 75.4 Å². The van der Waals surface area contributed by atoms with E-state index in [4.69, 9.17) is 0 Å². The van der Waals surface area contributed by atoms with Crippen LogP contribution in [-0.4, -0.2) is 26.9 Å². The van der Waals surface area contributed by atoms with Crippen LogP contribution in [0.25, 0.3) is 66.8 Å². The lowest BCUT2D eigenvalue weighted by Gasteiger charge is -2.54. The fraction of sp³-hybridized carbons (Fsp3) is 0.250. The molecule has 0 bridgehead atoms. The van der Waals surface area contributed by atoms with Gasteiger partial charge in [0, 0.05) is 11.4 Å². The summed E-state index contributed by atoms with van der Waals surface area (Å²) in [6, 6.07) is 36.7. The Labute approximate surface area is 412 Å². The predicted molar refractivity (Wildman–Crippen MR) is 303 cm³/mol. The first kappa shape index (κ1) is 37.4. The number of nitrogens with zero attached hydrogens (tertiary/aromatic N) is 2. The second-order valence-corrected chi connectivity index (χ2v) is 27.5. The first-order valence-electron chi connectivity index (χ1n) is 26.4. The second-order valence-electron chi connectivity index (χ2n) is 27.5.